The second-order valence-electron chi connectivity index (χ2n) is 11.2. The summed E-state index contributed by atoms with van der Waals surface area (Å²) in [5.74, 6) is -2.77. The van der Waals surface area contributed by atoms with Crippen LogP contribution in [0.25, 0.3) is 5.69 Å². The summed E-state index contributed by atoms with van der Waals surface area (Å²) >= 11 is 12.6. The van der Waals surface area contributed by atoms with Gasteiger partial charge in [0.2, 0.25) is 16.0 Å². The maximum absolute atomic E-state index is 12.8. The van der Waals surface area contributed by atoms with Gasteiger partial charge in [-0.05, 0) is 43.8 Å². The largest absolute Gasteiger partial charge is 0.480 e. The van der Waals surface area contributed by atoms with E-state index in [-0.39, 0.29) is 62.2 Å². The van der Waals surface area contributed by atoms with Gasteiger partial charge < -0.3 is 25.6 Å². The van der Waals surface area contributed by atoms with Crippen molar-refractivity contribution in [1.82, 2.24) is 34.0 Å². The molecule has 0 fully saturated rings. The zero-order valence-electron chi connectivity index (χ0n) is 30.2. The molecule has 320 valence electrons. The molecule has 0 aliphatic carbocycles. The summed E-state index contributed by atoms with van der Waals surface area (Å²) in [5, 5.41) is 24.3. The molecule has 0 spiro atoms. The number of alkyl halides is 2. The van der Waals surface area contributed by atoms with Gasteiger partial charge in [0.05, 0.1) is 34.8 Å². The van der Waals surface area contributed by atoms with Crippen molar-refractivity contribution in [1.29, 1.82) is 0 Å². The number of amides is 2. The average Bonchev–Trinajstić information content (AvgIpc) is 3.69. The molecular weight excluding hydrogens is 908 g/mol. The summed E-state index contributed by atoms with van der Waals surface area (Å²) in [4.78, 5) is 64.1. The van der Waals surface area contributed by atoms with E-state index in [2.05, 4.69) is 30.1 Å². The van der Waals surface area contributed by atoms with Crippen molar-refractivity contribution in [2.24, 2.45) is 5.73 Å². The van der Waals surface area contributed by atoms with Crippen LogP contribution >= 0.6 is 41.9 Å². The monoisotopic (exact) mass is 940 g/mol. The van der Waals surface area contributed by atoms with Crippen LogP contribution < -0.4 is 30.9 Å². The first-order valence-electron chi connectivity index (χ1n) is 15.2. The van der Waals surface area contributed by atoms with Gasteiger partial charge in [0.1, 0.15) is 27.5 Å². The number of thiophene rings is 1. The minimum Gasteiger partial charge on any atom is -0.480 e. The zero-order chi connectivity index (χ0) is 44.5. The topological polar surface area (TPSA) is 347 Å². The number of rotatable bonds is 13. The lowest BCUT2D eigenvalue weighted by atomic mass is 10.2. The molecule has 4 aromatic rings. The van der Waals surface area contributed by atoms with Crippen molar-refractivity contribution >= 4 is 91.6 Å². The van der Waals surface area contributed by atoms with Gasteiger partial charge in [-0.3, -0.25) is 19.4 Å². The van der Waals surface area contributed by atoms with Crippen LogP contribution in [0.1, 0.15) is 34.3 Å². The third-order valence-corrected chi connectivity index (χ3v) is 11.1. The minimum atomic E-state index is -4.37. The summed E-state index contributed by atoms with van der Waals surface area (Å²) in [5.41, 5.74) is 3.82. The second-order valence-corrected chi connectivity index (χ2v) is 18.9. The third kappa shape index (κ3) is 14.8. The van der Waals surface area contributed by atoms with Crippen molar-refractivity contribution < 1.29 is 64.4 Å². The normalized spacial score (nSPS) is 12.8. The van der Waals surface area contributed by atoms with E-state index in [4.69, 9.17) is 48.8 Å². The molecule has 2 unspecified atom stereocenters. The lowest BCUT2D eigenvalue weighted by Gasteiger charge is -2.10. The van der Waals surface area contributed by atoms with Gasteiger partial charge in [-0.1, -0.05) is 23.2 Å². The van der Waals surface area contributed by atoms with Gasteiger partial charge in [-0.15, -0.1) is 16.4 Å². The molecule has 3 heterocycles. The number of methoxy groups -OCH3 is 1. The van der Waals surface area contributed by atoms with Crippen LogP contribution in [0.15, 0.2) is 33.3 Å². The van der Waals surface area contributed by atoms with E-state index >= 15 is 0 Å². The summed E-state index contributed by atoms with van der Waals surface area (Å²) in [6.07, 6.45) is 0.902. The van der Waals surface area contributed by atoms with E-state index in [1.807, 2.05) is 0 Å². The van der Waals surface area contributed by atoms with Gasteiger partial charge in [-0.2, -0.15) is 28.4 Å². The molecule has 8 N–H and O–H groups in total. The standard InChI is InChI=1S/C11H10Cl2F2N4O3S.C11H11N5O6S2.C5H12NO4P/c1-5-16-19(11(20)18(5)10(14)15)9-4-8(17-23(2,21)22)6(12)3-7(9)13;1-5-12-9(15-11(13-5)22-2)14-10(19)16-24(20,21)6-3-4-23-7(6)8(17)18;1-11(9,10)3-2-4(6)5(7)8/h3-4,10,17H,1-2H3;3-4H,1-2H3,(H,17,18)(H2,12,13,14,15,16,19);4H,2-3,6H2,1H3,(H,7,8)(H,9,10). The molecule has 0 bridgehead atoms. The second kappa shape index (κ2) is 20.2. The molecule has 0 aliphatic heterocycles. The maximum atomic E-state index is 12.8. The number of carboxylic acid groups (broad SMARTS) is 2. The number of nitrogens with one attached hydrogen (secondary N) is 3. The molecule has 0 saturated heterocycles. The fraction of sp³-hybridized carbons (Fsp3) is 0.333. The Labute approximate surface area is 340 Å². The number of halogens is 4. The first-order valence-corrected chi connectivity index (χ1v) is 22.5. The molecule has 4 rings (SSSR count). The van der Waals surface area contributed by atoms with Crippen molar-refractivity contribution in [3.8, 4) is 11.7 Å². The van der Waals surface area contributed by atoms with Crippen LogP contribution in [-0.4, -0.2) is 111 Å². The Kier molecular flexibility index (Phi) is 17.2. The molecule has 0 radical (unpaired) electrons. The lowest BCUT2D eigenvalue weighted by Crippen LogP contribution is -2.35. The first-order chi connectivity index (χ1) is 26.6. The summed E-state index contributed by atoms with van der Waals surface area (Å²) < 4.78 is 92.6. The number of urea groups is 1. The number of nitrogens with zero attached hydrogens (tertiary/aromatic N) is 6. The SMILES string of the molecule is COc1nc(C)nc(NC(=O)NS(=O)(=O)c2ccsc2C(=O)O)n1.CP(=O)(O)CCC(N)C(=O)O.Cc1nn(-c2cc(NS(C)(=O)=O)c(Cl)cc2Cl)c(=O)n1C(F)F. The smallest absolute Gasteiger partial charge is 0.355 e. The Bertz CT molecular complexity index is 2500. The number of aliphatic carboxylic acids is 1. The van der Waals surface area contributed by atoms with Crippen molar-refractivity contribution in [3.63, 3.8) is 0 Å². The molecule has 0 aliphatic rings. The number of aromatic carboxylic acids is 1. The Morgan fingerprint density at radius 3 is 2.21 bits per heavy atom. The van der Waals surface area contributed by atoms with E-state index in [0.29, 0.717) is 4.68 Å². The third-order valence-electron chi connectivity index (χ3n) is 6.38. The van der Waals surface area contributed by atoms with Crippen molar-refractivity contribution in [2.75, 3.05) is 36.2 Å². The van der Waals surface area contributed by atoms with Crippen LogP contribution in [-0.2, 0) is 29.4 Å². The molecule has 3 aromatic heterocycles. The van der Waals surface area contributed by atoms with Crippen LogP contribution in [0.4, 0.5) is 25.2 Å². The van der Waals surface area contributed by atoms with Gasteiger partial charge in [-0.25, -0.2) is 40.5 Å². The Morgan fingerprint density at radius 1 is 1.09 bits per heavy atom. The number of benzene rings is 1. The van der Waals surface area contributed by atoms with Gasteiger partial charge >= 0.3 is 36.2 Å². The van der Waals surface area contributed by atoms with E-state index in [1.54, 1.807) is 4.72 Å². The van der Waals surface area contributed by atoms with E-state index in [0.717, 1.165) is 29.7 Å². The highest BCUT2D eigenvalue weighted by Gasteiger charge is 2.26. The van der Waals surface area contributed by atoms with Crippen LogP contribution in [0.2, 0.25) is 10.0 Å². The number of nitrogens with two attached hydrogens (primary N) is 1. The molecule has 1 aromatic carbocycles. The number of carbonyl (C=O) groups excluding carboxylic acids is 1. The highest BCUT2D eigenvalue weighted by Crippen LogP contribution is 2.36. The van der Waals surface area contributed by atoms with Gasteiger partial charge in [0.15, 0.2) is 7.37 Å². The minimum absolute atomic E-state index is 0.0257. The van der Waals surface area contributed by atoms with Crippen molar-refractivity contribution in [3.05, 3.63) is 60.6 Å². The first kappa shape index (κ1) is 49.3. The predicted octanol–water partition coefficient (Wildman–Crippen LogP) is 2.56. The summed E-state index contributed by atoms with van der Waals surface area (Å²) in [7, 11) is -9.81. The van der Waals surface area contributed by atoms with E-state index < -0.39 is 73.4 Å². The summed E-state index contributed by atoms with van der Waals surface area (Å²) in [6, 6.07) is 1.14. The molecule has 23 nitrogen and oxygen atoms in total. The predicted molar refractivity (Wildman–Crippen MR) is 205 cm³/mol. The Balaban J connectivity index is 0.000000321. The zero-order valence-corrected chi connectivity index (χ0v) is 35.1. The molecular formula is C27H33Cl2F2N10O13PS3. The number of ether oxygens (including phenoxy) is 1. The molecule has 0 saturated carbocycles. The number of aryl methyl sites for hydroxylation is 2. The van der Waals surface area contributed by atoms with E-state index in [1.165, 1.54) is 39.1 Å². The average molecular weight is 942 g/mol. The van der Waals surface area contributed by atoms with Crippen LogP contribution in [0.3, 0.4) is 0 Å². The lowest BCUT2D eigenvalue weighted by molar-refractivity contribution is -0.138. The number of carbonyl (C=O) groups is 3. The number of hydrogen-bond donors (Lipinski definition) is 7. The molecule has 31 heteroatoms. The number of aromatic nitrogens is 6. The summed E-state index contributed by atoms with van der Waals surface area (Å²) in [6.45, 7) is 0.857. The van der Waals surface area contributed by atoms with Crippen molar-refractivity contribution in [2.45, 2.75) is 37.8 Å². The maximum Gasteiger partial charge on any atom is 0.355 e. The Morgan fingerprint density at radius 2 is 1.71 bits per heavy atom. The fourth-order valence-electron chi connectivity index (χ4n) is 3.91. The van der Waals surface area contributed by atoms with Crippen LogP contribution in [0.5, 0.6) is 6.01 Å². The number of sulfonamides is 2. The van der Waals surface area contributed by atoms with Gasteiger partial charge in [0, 0.05) is 12.8 Å². The number of hydrogen-bond acceptors (Lipinski definition) is 16. The highest BCUT2D eigenvalue weighted by atomic mass is 35.5. The fourth-order valence-corrected chi connectivity index (χ4v) is 7.97. The van der Waals surface area contributed by atoms with Gasteiger partial charge in [0.25, 0.3) is 10.0 Å². The van der Waals surface area contributed by atoms with Crippen LogP contribution in [0, 0.1) is 13.8 Å². The number of anilines is 2. The molecule has 2 atom stereocenters. The Hall–Kier alpha value is -4.83. The van der Waals surface area contributed by atoms with E-state index in [9.17, 15) is 49.4 Å². The molecule has 58 heavy (non-hydrogen) atoms. The highest BCUT2D eigenvalue weighted by molar-refractivity contribution is 7.92. The molecule has 2 amide bonds. The quantitative estimate of drug-likeness (QED) is 0.0947. The number of carboxylic acids is 2.